The molecule has 164 valence electrons. The first-order valence-corrected chi connectivity index (χ1v) is 12.6. The molecule has 0 aromatic heterocycles. The Bertz CT molecular complexity index is 568. The minimum atomic E-state index is 0.482. The van der Waals surface area contributed by atoms with Crippen LogP contribution in [0.4, 0.5) is 0 Å². The highest BCUT2D eigenvalue weighted by molar-refractivity contribution is 5.98. The lowest BCUT2D eigenvalue weighted by atomic mass is 9.67. The van der Waals surface area contributed by atoms with E-state index in [2.05, 4.69) is 0 Å². The number of rotatable bonds is 6. The first-order valence-electron chi connectivity index (χ1n) is 12.6. The first-order chi connectivity index (χ1) is 14.3. The van der Waals surface area contributed by atoms with Gasteiger partial charge in [0.1, 0.15) is 5.78 Å². The van der Waals surface area contributed by atoms with Crippen molar-refractivity contribution in [3.05, 3.63) is 0 Å². The van der Waals surface area contributed by atoms with Crippen molar-refractivity contribution in [3.8, 4) is 0 Å². The van der Waals surface area contributed by atoms with E-state index in [0.717, 1.165) is 45.1 Å². The number of Topliss-reactive ketones (excluding diaryl/α,β-unsaturated/α-hetero) is 1. The van der Waals surface area contributed by atoms with Crippen LogP contribution in [0.15, 0.2) is 10.2 Å². The van der Waals surface area contributed by atoms with E-state index in [1.807, 2.05) is 0 Å². The summed E-state index contributed by atoms with van der Waals surface area (Å²) < 4.78 is 0. The lowest BCUT2D eigenvalue weighted by molar-refractivity contribution is -0.120. The number of nitrogens with two attached hydrogens (primary N) is 1. The quantitative estimate of drug-likeness (QED) is 0.537. The Balaban J connectivity index is 1.76. The molecule has 0 radical (unpaired) electrons. The van der Waals surface area contributed by atoms with E-state index in [4.69, 9.17) is 15.9 Å². The third kappa shape index (κ3) is 7.01. The van der Waals surface area contributed by atoms with Crippen LogP contribution in [0, 0.1) is 17.8 Å². The molecule has 3 atom stereocenters. The van der Waals surface area contributed by atoms with Crippen LogP contribution in [0.2, 0.25) is 0 Å². The lowest BCUT2D eigenvalue weighted by Crippen LogP contribution is -2.39. The molecule has 0 saturated heterocycles. The molecule has 2 aliphatic carbocycles. The molecule has 0 amide bonds. The summed E-state index contributed by atoms with van der Waals surface area (Å²) >= 11 is 0. The van der Waals surface area contributed by atoms with Crippen LogP contribution in [0.3, 0.4) is 0 Å². The first kappa shape index (κ1) is 22.7. The minimum Gasteiger partial charge on any atom is -0.330 e. The molecule has 3 rings (SSSR count). The summed E-state index contributed by atoms with van der Waals surface area (Å²) in [5, 5.41) is 9.64. The average Bonchev–Trinajstić information content (AvgIpc) is 2.70. The highest BCUT2D eigenvalue weighted by atomic mass is 16.1. The Hall–Kier alpha value is -1.03. The van der Waals surface area contributed by atoms with Crippen molar-refractivity contribution in [1.82, 2.24) is 0 Å². The normalized spacial score (nSPS) is 29.4. The number of nitrogens with zero attached hydrogens (tertiary/aromatic N) is 2. The van der Waals surface area contributed by atoms with Gasteiger partial charge in [0.2, 0.25) is 0 Å². The number of hydrogen-bond acceptors (Lipinski definition) is 4. The van der Waals surface area contributed by atoms with Gasteiger partial charge in [0, 0.05) is 36.1 Å². The summed E-state index contributed by atoms with van der Waals surface area (Å²) in [7, 11) is 0. The summed E-state index contributed by atoms with van der Waals surface area (Å²) in [4.78, 5) is 12.7. The van der Waals surface area contributed by atoms with Gasteiger partial charge in [-0.15, -0.1) is 0 Å². The van der Waals surface area contributed by atoms with E-state index >= 15 is 0 Å². The summed E-state index contributed by atoms with van der Waals surface area (Å²) in [5.41, 5.74) is 8.32. The van der Waals surface area contributed by atoms with E-state index in [9.17, 15) is 4.79 Å². The van der Waals surface area contributed by atoms with E-state index in [1.54, 1.807) is 0 Å². The predicted molar refractivity (Wildman–Crippen MR) is 123 cm³/mol. The van der Waals surface area contributed by atoms with Crippen LogP contribution in [-0.2, 0) is 4.79 Å². The van der Waals surface area contributed by atoms with Gasteiger partial charge in [-0.05, 0) is 63.8 Å². The Morgan fingerprint density at radius 1 is 0.793 bits per heavy atom. The van der Waals surface area contributed by atoms with E-state index in [1.165, 1.54) is 88.5 Å². The largest absolute Gasteiger partial charge is 0.330 e. The minimum absolute atomic E-state index is 0.482. The monoisotopic (exact) mass is 401 g/mol. The molecule has 4 heteroatoms. The fraction of sp³-hybridized carbons (Fsp3) is 0.880. The number of unbranched alkanes of at least 4 members (excludes halogenated alkanes) is 3. The number of ketones is 1. The second-order valence-electron chi connectivity index (χ2n) is 9.68. The summed E-state index contributed by atoms with van der Waals surface area (Å²) in [6, 6.07) is 0. The molecular formula is C25H43N3O. The molecular weight excluding hydrogens is 358 g/mol. The van der Waals surface area contributed by atoms with E-state index < -0.39 is 0 Å². The Kier molecular flexibility index (Phi) is 9.85. The van der Waals surface area contributed by atoms with Crippen LogP contribution in [0.25, 0.3) is 0 Å². The van der Waals surface area contributed by atoms with Crippen LogP contribution in [0.5, 0.6) is 0 Å². The molecule has 0 spiro atoms. The van der Waals surface area contributed by atoms with Gasteiger partial charge in [-0.1, -0.05) is 51.4 Å². The zero-order valence-corrected chi connectivity index (χ0v) is 18.5. The SMILES string of the molecule is NCCCCCCC1=NN=C2CCCCCCCC(=O)CC3CCCCCC1C23. The van der Waals surface area contributed by atoms with Crippen molar-refractivity contribution in [2.75, 3.05) is 6.54 Å². The van der Waals surface area contributed by atoms with Gasteiger partial charge in [0.05, 0.1) is 0 Å². The van der Waals surface area contributed by atoms with E-state index in [-0.39, 0.29) is 0 Å². The summed E-state index contributed by atoms with van der Waals surface area (Å²) in [6.07, 6.45) is 21.0. The molecule has 1 heterocycles. The molecule has 2 saturated carbocycles. The maximum atomic E-state index is 12.7. The van der Waals surface area contributed by atoms with Crippen LogP contribution < -0.4 is 5.73 Å². The highest BCUT2D eigenvalue weighted by Crippen LogP contribution is 2.40. The van der Waals surface area contributed by atoms with Crippen LogP contribution >= 0.6 is 0 Å². The van der Waals surface area contributed by atoms with Gasteiger partial charge in [-0.3, -0.25) is 4.79 Å². The van der Waals surface area contributed by atoms with Gasteiger partial charge in [0.25, 0.3) is 0 Å². The van der Waals surface area contributed by atoms with Crippen molar-refractivity contribution in [2.24, 2.45) is 33.7 Å². The Labute approximate surface area is 178 Å². The fourth-order valence-electron chi connectivity index (χ4n) is 5.82. The predicted octanol–water partition coefficient (Wildman–Crippen LogP) is 6.22. The zero-order chi connectivity index (χ0) is 20.3. The van der Waals surface area contributed by atoms with Crippen molar-refractivity contribution in [1.29, 1.82) is 0 Å². The fourth-order valence-corrected chi connectivity index (χ4v) is 5.82. The molecule has 2 fully saturated rings. The molecule has 3 unspecified atom stereocenters. The number of carbonyl (C=O) groups excluding carboxylic acids is 1. The van der Waals surface area contributed by atoms with Crippen LogP contribution in [0.1, 0.15) is 116 Å². The van der Waals surface area contributed by atoms with Gasteiger partial charge in [-0.2, -0.15) is 10.2 Å². The van der Waals surface area contributed by atoms with Gasteiger partial charge in [0.15, 0.2) is 0 Å². The maximum absolute atomic E-state index is 12.7. The van der Waals surface area contributed by atoms with E-state index in [0.29, 0.717) is 23.5 Å². The second kappa shape index (κ2) is 12.6. The molecule has 0 aromatic carbocycles. The molecule has 4 nitrogen and oxygen atoms in total. The smallest absolute Gasteiger partial charge is 0.133 e. The van der Waals surface area contributed by atoms with Gasteiger partial charge in [-0.25, -0.2) is 0 Å². The average molecular weight is 402 g/mol. The van der Waals surface area contributed by atoms with Crippen molar-refractivity contribution >= 4 is 17.2 Å². The second-order valence-corrected chi connectivity index (χ2v) is 9.68. The summed E-state index contributed by atoms with van der Waals surface area (Å²) in [6.45, 7) is 0.801. The highest BCUT2D eigenvalue weighted by Gasteiger charge is 2.39. The molecule has 3 aliphatic rings. The molecule has 1 aliphatic heterocycles. The third-order valence-electron chi connectivity index (χ3n) is 7.42. The van der Waals surface area contributed by atoms with Gasteiger partial charge < -0.3 is 5.73 Å². The standard InChI is InChI=1S/C25H43N3O/c26-18-12-5-4-10-16-23-22-15-9-6-7-13-20-19-21(29)14-8-2-1-3-11-17-24(25(20)22)28-27-23/h20,22,25H,1-19,26H2. The Morgan fingerprint density at radius 2 is 1.52 bits per heavy atom. The van der Waals surface area contributed by atoms with Crippen LogP contribution in [-0.4, -0.2) is 23.8 Å². The van der Waals surface area contributed by atoms with Gasteiger partial charge >= 0.3 is 0 Å². The third-order valence-corrected chi connectivity index (χ3v) is 7.42. The maximum Gasteiger partial charge on any atom is 0.133 e. The Morgan fingerprint density at radius 3 is 2.38 bits per heavy atom. The topological polar surface area (TPSA) is 67.8 Å². The molecule has 0 aromatic rings. The lowest BCUT2D eigenvalue weighted by Gasteiger charge is -2.39. The molecule has 0 bridgehead atoms. The molecule has 2 N–H and O–H groups in total. The van der Waals surface area contributed by atoms with Crippen molar-refractivity contribution < 1.29 is 4.79 Å². The summed E-state index contributed by atoms with van der Waals surface area (Å²) in [5.74, 6) is 2.02. The number of hydrogen-bond donors (Lipinski definition) is 1. The van der Waals surface area contributed by atoms with Crippen molar-refractivity contribution in [3.63, 3.8) is 0 Å². The zero-order valence-electron chi connectivity index (χ0n) is 18.5. The molecule has 29 heavy (non-hydrogen) atoms. The number of carbonyl (C=O) groups is 1. The van der Waals surface area contributed by atoms with Crippen molar-refractivity contribution in [2.45, 2.75) is 116 Å².